The van der Waals surface area contributed by atoms with E-state index in [1.807, 2.05) is 42.5 Å². The minimum Gasteiger partial charge on any atom is -0.481 e. The van der Waals surface area contributed by atoms with E-state index in [9.17, 15) is 9.59 Å². The number of rotatable bonds is 9. The van der Waals surface area contributed by atoms with E-state index in [0.717, 1.165) is 16.9 Å². The molecule has 4 rings (SSSR count). The molecule has 32 heavy (non-hydrogen) atoms. The number of nitrogens with zero attached hydrogens (tertiary/aromatic N) is 3. The first kappa shape index (κ1) is 21.0. The third-order valence-electron chi connectivity index (χ3n) is 5.10. The van der Waals surface area contributed by atoms with Crippen LogP contribution in [0.2, 0.25) is 0 Å². The number of carbonyl (C=O) groups is 2. The number of ether oxygens (including phenoxy) is 1. The second kappa shape index (κ2) is 9.30. The highest BCUT2D eigenvalue weighted by molar-refractivity contribution is 5.99. The summed E-state index contributed by atoms with van der Waals surface area (Å²) in [4.78, 5) is 33.2. The molecule has 0 aliphatic heterocycles. The van der Waals surface area contributed by atoms with Crippen molar-refractivity contribution in [1.29, 1.82) is 0 Å². The van der Waals surface area contributed by atoms with Crippen molar-refractivity contribution in [3.8, 4) is 5.88 Å². The number of imidazole rings is 1. The number of hydrogen-bond acceptors (Lipinski definition) is 6. The fourth-order valence-electron chi connectivity index (χ4n) is 3.50. The van der Waals surface area contributed by atoms with E-state index in [0.29, 0.717) is 29.9 Å². The molecule has 0 aliphatic carbocycles. The molecule has 0 bridgehead atoms. The average molecular weight is 429 g/mol. The fourth-order valence-corrected chi connectivity index (χ4v) is 3.50. The molecule has 8 nitrogen and oxygen atoms in total. The number of anilines is 1. The maximum Gasteiger partial charge on any atom is 0.284 e. The Kier molecular flexibility index (Phi) is 6.12. The summed E-state index contributed by atoms with van der Waals surface area (Å²) in [7, 11) is 1.57. The Balaban J connectivity index is 1.53. The number of hydrogen-bond donors (Lipinski definition) is 2. The molecular weight excluding hydrogens is 406 g/mol. The van der Waals surface area contributed by atoms with Crippen molar-refractivity contribution in [2.75, 3.05) is 19.0 Å². The molecule has 162 valence electrons. The van der Waals surface area contributed by atoms with Gasteiger partial charge in [0.2, 0.25) is 5.88 Å². The number of amides is 1. The van der Waals surface area contributed by atoms with Crippen molar-refractivity contribution in [2.24, 2.45) is 5.73 Å². The molecule has 1 amide bonds. The van der Waals surface area contributed by atoms with Gasteiger partial charge in [-0.15, -0.1) is 0 Å². The van der Waals surface area contributed by atoms with Crippen LogP contribution in [0.25, 0.3) is 11.0 Å². The Labute approximate surface area is 185 Å². The van der Waals surface area contributed by atoms with Crippen molar-refractivity contribution >= 4 is 28.4 Å². The van der Waals surface area contributed by atoms with Crippen LogP contribution in [0.1, 0.15) is 26.7 Å². The molecule has 8 heteroatoms. The van der Waals surface area contributed by atoms with E-state index in [2.05, 4.69) is 15.3 Å². The summed E-state index contributed by atoms with van der Waals surface area (Å²) in [5.41, 5.74) is 9.19. The molecule has 2 heterocycles. The number of aromatic nitrogens is 3. The fraction of sp³-hybridized carbons (Fsp3) is 0.167. The highest BCUT2D eigenvalue weighted by Crippen LogP contribution is 2.21. The Morgan fingerprint density at radius 1 is 1.03 bits per heavy atom. The van der Waals surface area contributed by atoms with Crippen LogP contribution in [0.5, 0.6) is 5.88 Å². The van der Waals surface area contributed by atoms with Gasteiger partial charge in [-0.05, 0) is 24.3 Å². The van der Waals surface area contributed by atoms with Gasteiger partial charge in [0.05, 0.1) is 24.7 Å². The summed E-state index contributed by atoms with van der Waals surface area (Å²) in [6.07, 6.45) is 0.578. The van der Waals surface area contributed by atoms with E-state index < -0.39 is 5.91 Å². The number of methoxy groups -OCH3 is 1. The molecule has 2 aromatic carbocycles. The summed E-state index contributed by atoms with van der Waals surface area (Å²) < 4.78 is 6.96. The number of primary amides is 1. The summed E-state index contributed by atoms with van der Waals surface area (Å²) in [6.45, 7) is 0.634. The zero-order chi connectivity index (χ0) is 22.5. The average Bonchev–Trinajstić information content (AvgIpc) is 3.20. The van der Waals surface area contributed by atoms with Crippen molar-refractivity contribution in [1.82, 2.24) is 14.5 Å². The van der Waals surface area contributed by atoms with Crippen molar-refractivity contribution in [2.45, 2.75) is 13.0 Å². The maximum atomic E-state index is 12.3. The lowest BCUT2D eigenvalue weighted by Gasteiger charge is -2.09. The second-order valence-electron chi connectivity index (χ2n) is 7.22. The number of ketones is 1. The van der Waals surface area contributed by atoms with E-state index in [1.54, 1.807) is 35.9 Å². The van der Waals surface area contributed by atoms with E-state index in [1.165, 1.54) is 0 Å². The van der Waals surface area contributed by atoms with Crippen LogP contribution >= 0.6 is 0 Å². The van der Waals surface area contributed by atoms with Gasteiger partial charge >= 0.3 is 0 Å². The molecule has 0 radical (unpaired) electrons. The van der Waals surface area contributed by atoms with E-state index in [4.69, 9.17) is 10.5 Å². The first-order valence-corrected chi connectivity index (χ1v) is 10.2. The van der Waals surface area contributed by atoms with Crippen molar-refractivity contribution in [3.63, 3.8) is 0 Å². The number of benzene rings is 2. The topological polar surface area (TPSA) is 112 Å². The number of Topliss-reactive ketones (excluding diaryl/α,β-unsaturated/α-hetero) is 1. The third-order valence-corrected chi connectivity index (χ3v) is 5.10. The highest BCUT2D eigenvalue weighted by Gasteiger charge is 2.16. The van der Waals surface area contributed by atoms with Gasteiger partial charge in [-0.25, -0.2) is 9.97 Å². The summed E-state index contributed by atoms with van der Waals surface area (Å²) >= 11 is 0. The maximum absolute atomic E-state index is 12.3. The summed E-state index contributed by atoms with van der Waals surface area (Å²) in [6, 6.07) is 20.2. The molecule has 0 atom stereocenters. The van der Waals surface area contributed by atoms with Gasteiger partial charge in [-0.1, -0.05) is 36.4 Å². The first-order valence-electron chi connectivity index (χ1n) is 10.2. The zero-order valence-corrected chi connectivity index (χ0v) is 17.6. The van der Waals surface area contributed by atoms with Gasteiger partial charge in [0.15, 0.2) is 11.6 Å². The van der Waals surface area contributed by atoms with Crippen LogP contribution in [-0.4, -0.2) is 39.9 Å². The molecule has 0 fully saturated rings. The molecule has 0 saturated carbocycles. The van der Waals surface area contributed by atoms with Crippen LogP contribution in [0.3, 0.4) is 0 Å². The highest BCUT2D eigenvalue weighted by atomic mass is 16.5. The smallest absolute Gasteiger partial charge is 0.284 e. The number of nitrogens with two attached hydrogens (primary N) is 1. The van der Waals surface area contributed by atoms with Gasteiger partial charge in [0, 0.05) is 36.0 Å². The third kappa shape index (κ3) is 4.59. The lowest BCUT2D eigenvalue weighted by molar-refractivity contribution is 0.0984. The van der Waals surface area contributed by atoms with Crippen molar-refractivity contribution in [3.05, 3.63) is 83.8 Å². The Morgan fingerprint density at radius 2 is 1.84 bits per heavy atom. The minimum atomic E-state index is -0.603. The quantitative estimate of drug-likeness (QED) is 0.396. The lowest BCUT2D eigenvalue weighted by atomic mass is 10.1. The Hall–Kier alpha value is -4.20. The second-order valence-corrected chi connectivity index (χ2v) is 7.22. The van der Waals surface area contributed by atoms with Crippen LogP contribution in [0, 0.1) is 0 Å². The SMILES string of the molecule is COc1cccc(CCn2c(C(N)=O)nc3cc(NCC(=O)c4ccccc4)ccc32)n1. The van der Waals surface area contributed by atoms with Crippen LogP contribution in [-0.2, 0) is 13.0 Å². The number of pyridine rings is 1. The zero-order valence-electron chi connectivity index (χ0n) is 17.6. The predicted molar refractivity (Wildman–Crippen MR) is 122 cm³/mol. The largest absolute Gasteiger partial charge is 0.481 e. The van der Waals surface area contributed by atoms with Gasteiger partial charge in [-0.3, -0.25) is 9.59 Å². The molecule has 4 aromatic rings. The number of fused-ring (bicyclic) bond motifs is 1. The Bertz CT molecular complexity index is 1270. The predicted octanol–water partition coefficient (Wildman–Crippen LogP) is 3.08. The number of nitrogens with one attached hydrogen (secondary N) is 1. The molecule has 0 aliphatic rings. The van der Waals surface area contributed by atoms with Gasteiger partial charge in [-0.2, -0.15) is 0 Å². The summed E-state index contributed by atoms with van der Waals surface area (Å²) in [5, 5.41) is 3.12. The van der Waals surface area contributed by atoms with Gasteiger partial charge in [0.1, 0.15) is 0 Å². The molecule has 0 unspecified atom stereocenters. The minimum absolute atomic E-state index is 0.0140. The first-order chi connectivity index (χ1) is 15.5. The molecule has 2 aromatic heterocycles. The van der Waals surface area contributed by atoms with Gasteiger partial charge in [0.25, 0.3) is 5.91 Å². The van der Waals surface area contributed by atoms with Crippen LogP contribution in [0.15, 0.2) is 66.7 Å². The standard InChI is InChI=1S/C24H23N5O3/c1-32-22-9-5-8-17(27-22)12-13-29-20-11-10-18(14-19(20)28-24(29)23(25)31)26-15-21(30)16-6-3-2-4-7-16/h2-11,14,26H,12-13,15H2,1H3,(H2,25,31). The monoisotopic (exact) mass is 429 g/mol. The van der Waals surface area contributed by atoms with E-state index in [-0.39, 0.29) is 18.2 Å². The van der Waals surface area contributed by atoms with Crippen LogP contribution < -0.4 is 15.8 Å². The molecule has 3 N–H and O–H groups in total. The Morgan fingerprint density at radius 3 is 2.59 bits per heavy atom. The lowest BCUT2D eigenvalue weighted by Crippen LogP contribution is -2.19. The number of carbonyl (C=O) groups excluding carboxylic acids is 2. The molecular formula is C24H23N5O3. The number of aryl methyl sites for hydroxylation is 2. The van der Waals surface area contributed by atoms with Crippen LogP contribution in [0.4, 0.5) is 5.69 Å². The van der Waals surface area contributed by atoms with E-state index >= 15 is 0 Å². The van der Waals surface area contributed by atoms with Crippen molar-refractivity contribution < 1.29 is 14.3 Å². The normalized spacial score (nSPS) is 10.8. The van der Waals surface area contributed by atoms with Gasteiger partial charge < -0.3 is 20.4 Å². The molecule has 0 saturated heterocycles. The summed E-state index contributed by atoms with van der Waals surface area (Å²) in [5.74, 6) is 0.0997. The molecule has 0 spiro atoms.